The van der Waals surface area contributed by atoms with Crippen LogP contribution >= 0.6 is 0 Å². The average Bonchev–Trinajstić information content (AvgIpc) is 1.82. The van der Waals surface area contributed by atoms with Crippen molar-refractivity contribution in [3.05, 3.63) is 6.61 Å². The Morgan fingerprint density at radius 3 is 2.38 bits per heavy atom. The molecule has 0 saturated carbocycles. The van der Waals surface area contributed by atoms with Gasteiger partial charge < -0.3 is 9.47 Å². The van der Waals surface area contributed by atoms with Gasteiger partial charge in [-0.3, -0.25) is 0 Å². The van der Waals surface area contributed by atoms with Gasteiger partial charge in [-0.25, -0.2) is 4.79 Å². The Morgan fingerprint density at radius 1 is 1.62 bits per heavy atom. The van der Waals surface area contributed by atoms with Gasteiger partial charge in [0.15, 0.2) is 0 Å². The van der Waals surface area contributed by atoms with E-state index in [4.69, 9.17) is 0 Å². The van der Waals surface area contributed by atoms with E-state index in [1.54, 1.807) is 13.8 Å². The lowest BCUT2D eigenvalue weighted by atomic mass is 10.4. The number of carbonyl (C=O) groups is 1. The van der Waals surface area contributed by atoms with Crippen molar-refractivity contribution in [3.8, 4) is 0 Å². The maximum atomic E-state index is 10.2. The van der Waals surface area contributed by atoms with Crippen molar-refractivity contribution in [2.45, 2.75) is 19.6 Å². The second kappa shape index (κ2) is 1.45. The number of hydrogen-bond donors (Lipinski definition) is 0. The molecule has 1 heterocycles. The van der Waals surface area contributed by atoms with Crippen molar-refractivity contribution in [1.29, 1.82) is 0 Å². The molecule has 0 atom stereocenters. The third-order valence-corrected chi connectivity index (χ3v) is 0.719. The summed E-state index contributed by atoms with van der Waals surface area (Å²) in [7, 11) is 0. The second-order valence-corrected chi connectivity index (χ2v) is 1.99. The number of ether oxygens (including phenoxy) is 2. The van der Waals surface area contributed by atoms with Crippen LogP contribution < -0.4 is 0 Å². The van der Waals surface area contributed by atoms with Crippen LogP contribution in [0.25, 0.3) is 0 Å². The zero-order valence-corrected chi connectivity index (χ0v) is 4.72. The number of carbonyl (C=O) groups excluding carboxylic acids is 1. The summed E-state index contributed by atoms with van der Waals surface area (Å²) in [6.07, 6.45) is 0. The largest absolute Gasteiger partial charge is 0.431 e. The maximum absolute atomic E-state index is 10.2. The Kier molecular flexibility index (Phi) is 1.01. The molecule has 0 spiro atoms. The third-order valence-electron chi connectivity index (χ3n) is 0.719. The van der Waals surface area contributed by atoms with Crippen molar-refractivity contribution in [2.75, 3.05) is 0 Å². The molecule has 44 valence electrons. The normalized spacial score (nSPS) is 25.5. The van der Waals surface area contributed by atoms with Crippen molar-refractivity contribution in [3.63, 3.8) is 0 Å². The summed E-state index contributed by atoms with van der Waals surface area (Å²) in [5, 5.41) is 0. The SMILES string of the molecule is CC1(C)O[C]C(=O)O1. The van der Waals surface area contributed by atoms with Gasteiger partial charge in [-0.15, -0.1) is 0 Å². The monoisotopic (exact) mass is 114 g/mol. The molecule has 8 heavy (non-hydrogen) atoms. The van der Waals surface area contributed by atoms with Gasteiger partial charge in [0.1, 0.15) is 0 Å². The van der Waals surface area contributed by atoms with Crippen LogP contribution in [0.15, 0.2) is 0 Å². The maximum Gasteiger partial charge on any atom is 0.348 e. The highest BCUT2D eigenvalue weighted by Crippen LogP contribution is 2.19. The summed E-state index contributed by atoms with van der Waals surface area (Å²) in [6, 6.07) is 0. The van der Waals surface area contributed by atoms with E-state index in [0.29, 0.717) is 0 Å². The molecule has 3 nitrogen and oxygen atoms in total. The van der Waals surface area contributed by atoms with Crippen molar-refractivity contribution in [1.82, 2.24) is 0 Å². The third kappa shape index (κ3) is 0.980. The average molecular weight is 114 g/mol. The highest BCUT2D eigenvalue weighted by molar-refractivity contribution is 5.78. The Balaban J connectivity index is 2.56. The molecule has 1 aliphatic heterocycles. The fourth-order valence-corrected chi connectivity index (χ4v) is 0.429. The zero-order valence-electron chi connectivity index (χ0n) is 4.72. The van der Waals surface area contributed by atoms with E-state index < -0.39 is 11.8 Å². The van der Waals surface area contributed by atoms with Crippen LogP contribution in [0.4, 0.5) is 0 Å². The first-order valence-corrected chi connectivity index (χ1v) is 2.27. The van der Waals surface area contributed by atoms with Gasteiger partial charge in [0, 0.05) is 13.8 Å². The van der Waals surface area contributed by atoms with E-state index in [-0.39, 0.29) is 0 Å². The minimum atomic E-state index is -0.795. The summed E-state index contributed by atoms with van der Waals surface area (Å²) in [4.78, 5) is 10.2. The van der Waals surface area contributed by atoms with Crippen LogP contribution in [-0.4, -0.2) is 11.8 Å². The van der Waals surface area contributed by atoms with Crippen LogP contribution in [0.1, 0.15) is 13.8 Å². The molecule has 1 fully saturated rings. The Labute approximate surface area is 47.6 Å². The topological polar surface area (TPSA) is 35.5 Å². The quantitative estimate of drug-likeness (QED) is 0.426. The molecule has 2 radical (unpaired) electrons. The molecule has 0 amide bonds. The number of esters is 1. The zero-order chi connectivity index (χ0) is 6.20. The molecule has 0 bridgehead atoms. The molecule has 3 heteroatoms. The molecular weight excluding hydrogens is 108 g/mol. The lowest BCUT2D eigenvalue weighted by molar-refractivity contribution is -0.159. The Hall–Kier alpha value is -0.570. The highest BCUT2D eigenvalue weighted by Gasteiger charge is 2.32. The molecule has 0 aromatic rings. The number of rotatable bonds is 0. The molecule has 0 aliphatic carbocycles. The van der Waals surface area contributed by atoms with Gasteiger partial charge in [-0.1, -0.05) is 0 Å². The van der Waals surface area contributed by atoms with E-state index in [1.165, 1.54) is 0 Å². The van der Waals surface area contributed by atoms with E-state index in [9.17, 15) is 4.79 Å². The predicted molar refractivity (Wildman–Crippen MR) is 24.5 cm³/mol. The van der Waals surface area contributed by atoms with Gasteiger partial charge in [0.2, 0.25) is 5.79 Å². The molecule has 0 aromatic carbocycles. The fourth-order valence-electron chi connectivity index (χ4n) is 0.429. The van der Waals surface area contributed by atoms with Crippen molar-refractivity contribution < 1.29 is 14.3 Å². The first-order valence-electron chi connectivity index (χ1n) is 2.27. The molecular formula is C5H6O3. The molecule has 1 aliphatic rings. The molecule has 0 N–H and O–H groups in total. The second-order valence-electron chi connectivity index (χ2n) is 1.99. The molecule has 1 rings (SSSR count). The Morgan fingerprint density at radius 2 is 2.25 bits per heavy atom. The van der Waals surface area contributed by atoms with Crippen LogP contribution in [0.3, 0.4) is 0 Å². The summed E-state index contributed by atoms with van der Waals surface area (Å²) in [6.45, 7) is 5.34. The van der Waals surface area contributed by atoms with E-state index in [2.05, 4.69) is 9.47 Å². The molecule has 0 unspecified atom stereocenters. The molecule has 0 aromatic heterocycles. The van der Waals surface area contributed by atoms with Crippen LogP contribution in [-0.2, 0) is 14.3 Å². The van der Waals surface area contributed by atoms with E-state index in [1.807, 2.05) is 6.61 Å². The van der Waals surface area contributed by atoms with Gasteiger partial charge >= 0.3 is 5.97 Å². The van der Waals surface area contributed by atoms with E-state index >= 15 is 0 Å². The summed E-state index contributed by atoms with van der Waals surface area (Å²) >= 11 is 0. The first kappa shape index (κ1) is 5.56. The van der Waals surface area contributed by atoms with Crippen LogP contribution in [0.5, 0.6) is 0 Å². The first-order chi connectivity index (χ1) is 3.60. The summed E-state index contributed by atoms with van der Waals surface area (Å²) < 4.78 is 9.21. The predicted octanol–water partition coefficient (Wildman–Crippen LogP) is 0.335. The smallest absolute Gasteiger partial charge is 0.348 e. The van der Waals surface area contributed by atoms with Crippen LogP contribution in [0, 0.1) is 6.61 Å². The lowest BCUT2D eigenvalue weighted by Crippen LogP contribution is -2.19. The van der Waals surface area contributed by atoms with Gasteiger partial charge in [-0.05, 0) is 0 Å². The Bertz CT molecular complexity index is 117. The number of cyclic esters (lactones) is 1. The van der Waals surface area contributed by atoms with Crippen molar-refractivity contribution >= 4 is 5.97 Å². The van der Waals surface area contributed by atoms with Crippen molar-refractivity contribution in [2.24, 2.45) is 0 Å². The lowest BCUT2D eigenvalue weighted by Gasteiger charge is -2.12. The minimum absolute atomic E-state index is 0.532. The summed E-state index contributed by atoms with van der Waals surface area (Å²) in [5.41, 5.74) is 0. The fraction of sp³-hybridized carbons (Fsp3) is 0.600. The summed E-state index contributed by atoms with van der Waals surface area (Å²) in [5.74, 6) is -1.33. The number of hydrogen-bond acceptors (Lipinski definition) is 3. The van der Waals surface area contributed by atoms with Gasteiger partial charge in [0.05, 0.1) is 0 Å². The minimum Gasteiger partial charge on any atom is -0.431 e. The standard InChI is InChI=1S/C5H6O3/c1-5(2)7-3-4(6)8-5/h1-2H3. The van der Waals surface area contributed by atoms with Gasteiger partial charge in [-0.2, -0.15) is 0 Å². The van der Waals surface area contributed by atoms with Crippen LogP contribution in [0.2, 0.25) is 0 Å². The molecule has 1 saturated heterocycles. The van der Waals surface area contributed by atoms with Gasteiger partial charge in [0.25, 0.3) is 6.61 Å². The highest BCUT2D eigenvalue weighted by atomic mass is 16.8. The van der Waals surface area contributed by atoms with E-state index in [0.717, 1.165) is 0 Å².